The minimum atomic E-state index is -0.666. The van der Waals surface area contributed by atoms with Crippen LogP contribution >= 0.6 is 0 Å². The van der Waals surface area contributed by atoms with Crippen LogP contribution < -0.4 is 10.6 Å². The summed E-state index contributed by atoms with van der Waals surface area (Å²) >= 11 is 0. The SMILES string of the molecule is CCn1nccc1C(=O)N[C@H](C(=O)Nc1ccc(-c2c(CO)cnn2C)cn1)C1CCCCCC1. The first-order valence-corrected chi connectivity index (χ1v) is 12.2. The molecule has 0 saturated heterocycles. The first-order chi connectivity index (χ1) is 17.0. The third kappa shape index (κ3) is 5.59. The molecule has 10 nitrogen and oxygen atoms in total. The Bertz CT molecular complexity index is 1140. The Hall–Kier alpha value is -3.53. The number of hydrogen-bond donors (Lipinski definition) is 3. The Morgan fingerprint density at radius 1 is 1.11 bits per heavy atom. The molecule has 1 aliphatic rings. The molecule has 3 N–H and O–H groups in total. The molecule has 1 saturated carbocycles. The number of anilines is 1. The smallest absolute Gasteiger partial charge is 0.270 e. The quantitative estimate of drug-likeness (QED) is 0.427. The van der Waals surface area contributed by atoms with Gasteiger partial charge in [-0.05, 0) is 43.9 Å². The number of pyridine rings is 1. The number of amides is 2. The normalized spacial score (nSPS) is 15.4. The van der Waals surface area contributed by atoms with Gasteiger partial charge >= 0.3 is 0 Å². The van der Waals surface area contributed by atoms with Gasteiger partial charge in [-0.2, -0.15) is 10.2 Å². The molecular weight excluding hydrogens is 446 g/mol. The minimum Gasteiger partial charge on any atom is -0.392 e. The number of rotatable bonds is 8. The zero-order valence-electron chi connectivity index (χ0n) is 20.3. The number of carbonyl (C=O) groups is 2. The molecule has 2 amide bonds. The largest absolute Gasteiger partial charge is 0.392 e. The van der Waals surface area contributed by atoms with Gasteiger partial charge < -0.3 is 15.7 Å². The highest BCUT2D eigenvalue weighted by atomic mass is 16.3. The van der Waals surface area contributed by atoms with Crippen LogP contribution in [0.5, 0.6) is 0 Å². The van der Waals surface area contributed by atoms with Crippen LogP contribution in [0.4, 0.5) is 5.82 Å². The number of aliphatic hydroxyl groups excluding tert-OH is 1. The average molecular weight is 480 g/mol. The molecule has 4 rings (SSSR count). The topological polar surface area (TPSA) is 127 Å². The van der Waals surface area contributed by atoms with E-state index in [2.05, 4.69) is 25.8 Å². The molecule has 1 aliphatic carbocycles. The summed E-state index contributed by atoms with van der Waals surface area (Å²) in [5, 5.41) is 23.8. The number of nitrogens with one attached hydrogen (secondary N) is 2. The van der Waals surface area contributed by atoms with E-state index < -0.39 is 6.04 Å². The number of hydrogen-bond acceptors (Lipinski definition) is 6. The van der Waals surface area contributed by atoms with Crippen LogP contribution in [0.3, 0.4) is 0 Å². The Balaban J connectivity index is 1.52. The summed E-state index contributed by atoms with van der Waals surface area (Å²) in [5.74, 6) is -0.118. The number of carbonyl (C=O) groups excluding carboxylic acids is 2. The molecule has 3 heterocycles. The molecule has 1 fully saturated rings. The Morgan fingerprint density at radius 2 is 1.89 bits per heavy atom. The zero-order valence-corrected chi connectivity index (χ0v) is 20.3. The molecule has 0 spiro atoms. The van der Waals surface area contributed by atoms with E-state index in [-0.39, 0.29) is 24.3 Å². The van der Waals surface area contributed by atoms with E-state index in [1.807, 2.05) is 13.0 Å². The zero-order chi connectivity index (χ0) is 24.8. The second kappa shape index (κ2) is 11.3. The van der Waals surface area contributed by atoms with Crippen molar-refractivity contribution in [3.8, 4) is 11.3 Å². The van der Waals surface area contributed by atoms with Crippen molar-refractivity contribution in [3.63, 3.8) is 0 Å². The maximum Gasteiger partial charge on any atom is 0.270 e. The molecule has 0 bridgehead atoms. The van der Waals surface area contributed by atoms with Gasteiger partial charge in [-0.15, -0.1) is 0 Å². The van der Waals surface area contributed by atoms with Crippen molar-refractivity contribution >= 4 is 17.6 Å². The molecule has 0 aliphatic heterocycles. The summed E-state index contributed by atoms with van der Waals surface area (Å²) in [6.07, 6.45) is 11.0. The molecule has 1 atom stereocenters. The first kappa shape index (κ1) is 24.6. The van der Waals surface area contributed by atoms with Crippen LogP contribution in [0, 0.1) is 5.92 Å². The van der Waals surface area contributed by atoms with Crippen molar-refractivity contribution in [2.24, 2.45) is 13.0 Å². The lowest BCUT2D eigenvalue weighted by Crippen LogP contribution is -2.49. The molecule has 0 radical (unpaired) electrons. The number of nitrogens with zero attached hydrogens (tertiary/aromatic N) is 5. The third-order valence-electron chi connectivity index (χ3n) is 6.66. The molecule has 10 heteroatoms. The lowest BCUT2D eigenvalue weighted by molar-refractivity contribution is -0.119. The highest BCUT2D eigenvalue weighted by Crippen LogP contribution is 2.27. The van der Waals surface area contributed by atoms with Gasteiger partial charge in [-0.3, -0.25) is 19.0 Å². The predicted octanol–water partition coefficient (Wildman–Crippen LogP) is 2.90. The van der Waals surface area contributed by atoms with Crippen LogP contribution in [-0.4, -0.2) is 47.5 Å². The monoisotopic (exact) mass is 479 g/mol. The van der Waals surface area contributed by atoms with Crippen LogP contribution in [-0.2, 0) is 25.0 Å². The lowest BCUT2D eigenvalue weighted by atomic mass is 9.91. The van der Waals surface area contributed by atoms with E-state index in [1.54, 1.807) is 47.1 Å². The molecule has 3 aromatic heterocycles. The lowest BCUT2D eigenvalue weighted by Gasteiger charge is -2.26. The van der Waals surface area contributed by atoms with Crippen molar-refractivity contribution < 1.29 is 14.7 Å². The van der Waals surface area contributed by atoms with Crippen LogP contribution in [0.1, 0.15) is 61.5 Å². The van der Waals surface area contributed by atoms with E-state index in [0.717, 1.165) is 49.8 Å². The predicted molar refractivity (Wildman–Crippen MR) is 131 cm³/mol. The fourth-order valence-corrected chi connectivity index (χ4v) is 4.82. The second-order valence-corrected chi connectivity index (χ2v) is 8.96. The molecular formula is C25H33N7O3. The summed E-state index contributed by atoms with van der Waals surface area (Å²) in [7, 11) is 1.80. The van der Waals surface area contributed by atoms with Gasteiger partial charge in [0, 0.05) is 37.1 Å². The van der Waals surface area contributed by atoms with Crippen molar-refractivity contribution in [3.05, 3.63) is 48.0 Å². The molecule has 35 heavy (non-hydrogen) atoms. The summed E-state index contributed by atoms with van der Waals surface area (Å²) in [5.41, 5.74) is 2.70. The van der Waals surface area contributed by atoms with Gasteiger partial charge in [0.2, 0.25) is 5.91 Å². The van der Waals surface area contributed by atoms with Gasteiger partial charge in [0.25, 0.3) is 5.91 Å². The molecule has 0 aromatic carbocycles. The standard InChI is InChI=1S/C25H33N7O3/c1-3-32-20(12-13-27-32)24(34)30-22(17-8-6-4-5-7-9-17)25(35)29-21-11-10-18(14-26-21)23-19(16-33)15-28-31(23)2/h10-15,17,22,33H,3-9,16H2,1-2H3,(H,30,34)(H,26,29,35)/t22-/m0/s1. The number of aromatic nitrogens is 5. The Kier molecular flexibility index (Phi) is 7.91. The van der Waals surface area contributed by atoms with E-state index in [4.69, 9.17) is 0 Å². The van der Waals surface area contributed by atoms with Gasteiger partial charge in [-0.25, -0.2) is 4.98 Å². The number of aryl methyl sites for hydroxylation is 2. The summed E-state index contributed by atoms with van der Waals surface area (Å²) in [6.45, 7) is 2.37. The van der Waals surface area contributed by atoms with Crippen molar-refractivity contribution in [1.29, 1.82) is 0 Å². The van der Waals surface area contributed by atoms with Crippen molar-refractivity contribution in [1.82, 2.24) is 29.9 Å². The summed E-state index contributed by atoms with van der Waals surface area (Å²) < 4.78 is 3.30. The van der Waals surface area contributed by atoms with Crippen LogP contribution in [0.15, 0.2) is 36.8 Å². The van der Waals surface area contributed by atoms with Crippen molar-refractivity contribution in [2.45, 2.75) is 64.6 Å². The van der Waals surface area contributed by atoms with Gasteiger partial charge in [0.1, 0.15) is 17.6 Å². The molecule has 0 unspecified atom stereocenters. The second-order valence-electron chi connectivity index (χ2n) is 8.96. The van der Waals surface area contributed by atoms with Crippen LogP contribution in [0.25, 0.3) is 11.3 Å². The highest BCUT2D eigenvalue weighted by Gasteiger charge is 2.31. The van der Waals surface area contributed by atoms with E-state index in [1.165, 1.54) is 0 Å². The number of aliphatic hydroxyl groups is 1. The van der Waals surface area contributed by atoms with Gasteiger partial charge in [0.05, 0.1) is 18.5 Å². The maximum atomic E-state index is 13.4. The molecule has 186 valence electrons. The minimum absolute atomic E-state index is 0.0558. The van der Waals surface area contributed by atoms with Crippen LogP contribution in [0.2, 0.25) is 0 Å². The highest BCUT2D eigenvalue weighted by molar-refractivity contribution is 6.00. The van der Waals surface area contributed by atoms with E-state index in [9.17, 15) is 14.7 Å². The fraction of sp³-hybridized carbons (Fsp3) is 0.480. The third-order valence-corrected chi connectivity index (χ3v) is 6.66. The average Bonchev–Trinajstić information content (AvgIpc) is 3.40. The first-order valence-electron chi connectivity index (χ1n) is 12.2. The Morgan fingerprint density at radius 3 is 2.54 bits per heavy atom. The Labute approximate surface area is 204 Å². The fourth-order valence-electron chi connectivity index (χ4n) is 4.82. The van der Waals surface area contributed by atoms with E-state index in [0.29, 0.717) is 23.6 Å². The maximum absolute atomic E-state index is 13.4. The van der Waals surface area contributed by atoms with Gasteiger partial charge in [-0.1, -0.05) is 25.7 Å². The summed E-state index contributed by atoms with van der Waals surface area (Å²) in [6, 6.07) is 4.55. The van der Waals surface area contributed by atoms with E-state index >= 15 is 0 Å². The molecule has 3 aromatic rings. The van der Waals surface area contributed by atoms with Crippen molar-refractivity contribution in [2.75, 3.05) is 5.32 Å². The summed E-state index contributed by atoms with van der Waals surface area (Å²) in [4.78, 5) is 30.9. The van der Waals surface area contributed by atoms with Gasteiger partial charge in [0.15, 0.2) is 0 Å².